The van der Waals surface area contributed by atoms with Gasteiger partial charge in [-0.1, -0.05) is 0 Å². The molecule has 0 aliphatic carbocycles. The molecule has 0 bridgehead atoms. The summed E-state index contributed by atoms with van der Waals surface area (Å²) in [6.07, 6.45) is -3.89. The van der Waals surface area contributed by atoms with Crippen LogP contribution in [0.2, 0.25) is 0 Å². The average molecular weight is 551 g/mol. The zero-order valence-electron chi connectivity index (χ0n) is 18.0. The molecule has 4 heterocycles. The Bertz CT molecular complexity index is 1370. The molecule has 2 saturated heterocycles. The first kappa shape index (κ1) is 25.4. The summed E-state index contributed by atoms with van der Waals surface area (Å²) in [5, 5.41) is 21.1. The molecule has 0 radical (unpaired) electrons. The minimum absolute atomic E-state index is 0.0365. The normalized spacial score (nSPS) is 30.8. The van der Waals surface area contributed by atoms with Crippen LogP contribution < -0.4 is 5.73 Å². The molecular weight excluding hydrogens is 533 g/mol. The second kappa shape index (κ2) is 9.54. The first-order valence-electron chi connectivity index (χ1n) is 10.4. The molecule has 2 fully saturated rings. The maximum absolute atomic E-state index is 14.2. The molecule has 4 N–H and O–H groups in total. The number of hydrogen-bond donors (Lipinski definition) is 3. The molecule has 3 aromatic rings. The van der Waals surface area contributed by atoms with Crippen LogP contribution in [0.15, 0.2) is 18.7 Å². The maximum atomic E-state index is 14.2. The number of aromatic nitrogens is 4. The molecule has 11 nitrogen and oxygen atoms in total. The van der Waals surface area contributed by atoms with Crippen LogP contribution in [0.3, 0.4) is 0 Å². The van der Waals surface area contributed by atoms with Crippen molar-refractivity contribution in [1.29, 1.82) is 0 Å². The summed E-state index contributed by atoms with van der Waals surface area (Å²) in [6.45, 7) is -4.15. The Morgan fingerprint density at radius 3 is 2.69 bits per heavy atom. The van der Waals surface area contributed by atoms with Gasteiger partial charge in [0.25, 0.3) is 0 Å². The second-order valence-electron chi connectivity index (χ2n) is 7.98. The fraction of sp³-hybridized carbons (Fsp3) is 0.421. The summed E-state index contributed by atoms with van der Waals surface area (Å²) >= 11 is 5.27. The van der Waals surface area contributed by atoms with Crippen LogP contribution in [0, 0.1) is 23.3 Å². The lowest BCUT2D eigenvalue weighted by molar-refractivity contribution is -0.0534. The highest BCUT2D eigenvalue weighted by molar-refractivity contribution is 8.07. The van der Waals surface area contributed by atoms with Gasteiger partial charge >= 0.3 is 6.72 Å². The molecule has 6 atom stereocenters. The molecule has 2 aromatic heterocycles. The number of nitrogen functional groups attached to an aromatic ring is 1. The van der Waals surface area contributed by atoms with Crippen molar-refractivity contribution in [2.24, 2.45) is 0 Å². The maximum Gasteiger partial charge on any atom is 0.327 e. The molecule has 36 heavy (non-hydrogen) atoms. The Hall–Kier alpha value is -2.30. The van der Waals surface area contributed by atoms with Crippen LogP contribution in [0.25, 0.3) is 11.2 Å². The van der Waals surface area contributed by atoms with Crippen LogP contribution in [-0.4, -0.2) is 61.3 Å². The lowest BCUT2D eigenvalue weighted by Gasteiger charge is -2.33. The van der Waals surface area contributed by atoms with Crippen LogP contribution in [0.4, 0.5) is 23.4 Å². The lowest BCUT2D eigenvalue weighted by atomic mass is 10.1. The number of halogens is 4. The van der Waals surface area contributed by atoms with Gasteiger partial charge in [0, 0.05) is 12.0 Å². The van der Waals surface area contributed by atoms with Crippen molar-refractivity contribution in [1.82, 2.24) is 19.5 Å². The molecule has 17 heteroatoms. The van der Waals surface area contributed by atoms with E-state index in [0.29, 0.717) is 6.07 Å². The number of fused-ring (bicyclic) bond motifs is 1. The largest absolute Gasteiger partial charge is 0.387 e. The first-order chi connectivity index (χ1) is 17.1. The minimum atomic E-state index is -3.62. The fourth-order valence-electron chi connectivity index (χ4n) is 3.93. The number of aliphatic hydroxyl groups excluding tert-OH is 2. The van der Waals surface area contributed by atoms with Crippen molar-refractivity contribution in [2.75, 3.05) is 18.9 Å². The minimum Gasteiger partial charge on any atom is -0.387 e. The zero-order valence-corrected chi connectivity index (χ0v) is 19.7. The number of hydrogen-bond acceptors (Lipinski definition) is 11. The van der Waals surface area contributed by atoms with Crippen molar-refractivity contribution >= 4 is 35.5 Å². The number of nitrogens with two attached hydrogens (primary N) is 1. The Morgan fingerprint density at radius 2 is 1.92 bits per heavy atom. The van der Waals surface area contributed by atoms with Gasteiger partial charge in [0.05, 0.1) is 25.6 Å². The smallest absolute Gasteiger partial charge is 0.327 e. The molecule has 3 unspecified atom stereocenters. The average Bonchev–Trinajstić information content (AvgIpc) is 3.41. The molecule has 2 aliphatic heterocycles. The fourth-order valence-corrected chi connectivity index (χ4v) is 6.04. The Labute approximate surface area is 205 Å². The number of imidazole rings is 1. The lowest BCUT2D eigenvalue weighted by Crippen LogP contribution is -2.34. The Morgan fingerprint density at radius 1 is 1.14 bits per heavy atom. The predicted molar refractivity (Wildman–Crippen MR) is 117 cm³/mol. The highest BCUT2D eigenvalue weighted by atomic mass is 32.5. The van der Waals surface area contributed by atoms with Gasteiger partial charge in [-0.2, -0.15) is 0 Å². The van der Waals surface area contributed by atoms with E-state index in [2.05, 4.69) is 15.0 Å². The number of rotatable bonds is 5. The van der Waals surface area contributed by atoms with Crippen molar-refractivity contribution in [3.8, 4) is 0 Å². The van der Waals surface area contributed by atoms with E-state index in [4.69, 9.17) is 35.8 Å². The van der Waals surface area contributed by atoms with Crippen LogP contribution in [0.1, 0.15) is 24.3 Å². The van der Waals surface area contributed by atoms with Crippen molar-refractivity contribution in [2.45, 2.75) is 37.1 Å². The van der Waals surface area contributed by atoms with Crippen LogP contribution >= 0.6 is 6.72 Å². The van der Waals surface area contributed by atoms with Gasteiger partial charge in [-0.15, -0.1) is 0 Å². The van der Waals surface area contributed by atoms with Gasteiger partial charge in [-0.25, -0.2) is 32.5 Å². The van der Waals surface area contributed by atoms with E-state index >= 15 is 0 Å². The van der Waals surface area contributed by atoms with E-state index in [0.717, 1.165) is 0 Å². The van der Waals surface area contributed by atoms with Gasteiger partial charge in [0.1, 0.15) is 30.2 Å². The topological polar surface area (TPSA) is 147 Å². The number of ether oxygens (including phenoxy) is 1. The van der Waals surface area contributed by atoms with E-state index < -0.39 is 72.8 Å². The Balaban J connectivity index is 1.30. The van der Waals surface area contributed by atoms with E-state index in [-0.39, 0.29) is 30.0 Å². The van der Waals surface area contributed by atoms with Crippen LogP contribution in [0.5, 0.6) is 0 Å². The zero-order chi connectivity index (χ0) is 25.8. The van der Waals surface area contributed by atoms with E-state index in [1.165, 1.54) is 17.2 Å². The van der Waals surface area contributed by atoms with Crippen molar-refractivity contribution in [3.05, 3.63) is 47.6 Å². The summed E-state index contributed by atoms with van der Waals surface area (Å²) in [6, 6.07) is 0.486. The molecule has 0 amide bonds. The second-order valence-corrected chi connectivity index (χ2v) is 10.9. The van der Waals surface area contributed by atoms with Gasteiger partial charge in [-0.05, 0) is 17.9 Å². The van der Waals surface area contributed by atoms with Crippen molar-refractivity contribution in [3.63, 3.8) is 0 Å². The molecule has 0 spiro atoms. The molecule has 5 rings (SSSR count). The van der Waals surface area contributed by atoms with Gasteiger partial charge in [0.15, 0.2) is 41.0 Å². The summed E-state index contributed by atoms with van der Waals surface area (Å²) < 4.78 is 78.5. The highest BCUT2D eigenvalue weighted by Gasteiger charge is 2.46. The van der Waals surface area contributed by atoms with E-state index in [9.17, 15) is 27.8 Å². The molecule has 2 aliphatic rings. The monoisotopic (exact) mass is 551 g/mol. The van der Waals surface area contributed by atoms with E-state index in [1.807, 2.05) is 0 Å². The summed E-state index contributed by atoms with van der Waals surface area (Å²) in [5.74, 6) is -7.01. The number of anilines is 1. The predicted octanol–water partition coefficient (Wildman–Crippen LogP) is 2.00. The third-order valence-corrected chi connectivity index (χ3v) is 8.13. The third-order valence-electron chi connectivity index (χ3n) is 5.76. The Kier molecular flexibility index (Phi) is 6.72. The third kappa shape index (κ3) is 4.37. The standard InChI is InChI=1S/C19H18F4N5O6PS/c20-8-3-7(11(21)13(23)12(8)22)9-1-2-31-35(36,34-9)32-4-10-15(29)16(30)19(33-10)28-6-27-14-17(24)25-5-26-18(14)28/h3,5-6,9-10,15-16,19,29-30H,1-2,4H2,(H2,24,25,26)/t9?,10-,15?,16+,19-,35?/m1/s1. The number of benzene rings is 1. The van der Waals surface area contributed by atoms with Crippen LogP contribution in [-0.2, 0) is 30.1 Å². The number of nitrogens with zero attached hydrogens (tertiary/aromatic N) is 4. The molecule has 1 aromatic carbocycles. The van der Waals surface area contributed by atoms with Gasteiger partial charge in [0.2, 0.25) is 0 Å². The molecule has 0 saturated carbocycles. The van der Waals surface area contributed by atoms with Gasteiger partial charge < -0.3 is 34.3 Å². The van der Waals surface area contributed by atoms with Crippen molar-refractivity contribution < 1.29 is 46.1 Å². The highest BCUT2D eigenvalue weighted by Crippen LogP contribution is 2.58. The SMILES string of the molecule is Nc1ncnc2c1ncn2[C@@H]1O[C@H](COP2(=S)OCCC(c3cc(F)c(F)c(F)c3F)O2)C(O)[C@@H]1O. The van der Waals surface area contributed by atoms with Gasteiger partial charge in [-0.3, -0.25) is 4.57 Å². The summed E-state index contributed by atoms with van der Waals surface area (Å²) in [5.41, 5.74) is 5.73. The number of aliphatic hydroxyl groups is 2. The summed E-state index contributed by atoms with van der Waals surface area (Å²) in [7, 11) is 0. The van der Waals surface area contributed by atoms with E-state index in [1.54, 1.807) is 0 Å². The first-order valence-corrected chi connectivity index (χ1v) is 13.0. The molecular formula is C19H18F4N5O6PS. The summed E-state index contributed by atoms with van der Waals surface area (Å²) in [4.78, 5) is 12.0. The quantitative estimate of drug-likeness (QED) is 0.185. The molecule has 194 valence electrons.